The van der Waals surface area contributed by atoms with E-state index in [0.717, 1.165) is 38.1 Å². The first-order valence-electron chi connectivity index (χ1n) is 11.2. The quantitative estimate of drug-likeness (QED) is 0.186. The zero-order chi connectivity index (χ0) is 25.8. The first-order chi connectivity index (χ1) is 17.3. The fraction of sp³-hybridized carbons (Fsp3) is 0.231. The zero-order valence-corrected chi connectivity index (χ0v) is 23.5. The minimum absolute atomic E-state index is 0.121. The molecule has 0 spiro atoms. The summed E-state index contributed by atoms with van der Waals surface area (Å²) >= 11 is 6.06. The number of nitrogens with one attached hydrogen (secondary N) is 1. The van der Waals surface area contributed by atoms with Gasteiger partial charge in [0.15, 0.2) is 11.0 Å². The minimum Gasteiger partial charge on any atom is -0.465 e. The summed E-state index contributed by atoms with van der Waals surface area (Å²) in [5.41, 5.74) is 5.13. The molecule has 7 nitrogen and oxygen atoms in total. The van der Waals surface area contributed by atoms with E-state index in [4.69, 9.17) is 4.74 Å². The van der Waals surface area contributed by atoms with Crippen LogP contribution in [-0.2, 0) is 16.1 Å². The van der Waals surface area contributed by atoms with E-state index in [1.165, 1.54) is 30.2 Å². The number of halogens is 1. The lowest BCUT2D eigenvalue weighted by Crippen LogP contribution is -2.16. The van der Waals surface area contributed by atoms with Crippen molar-refractivity contribution in [3.05, 3.63) is 69.0 Å². The predicted octanol–water partition coefficient (Wildman–Crippen LogP) is 6.59. The van der Waals surface area contributed by atoms with Crippen molar-refractivity contribution in [1.29, 1.82) is 0 Å². The number of amides is 1. The van der Waals surface area contributed by atoms with Crippen molar-refractivity contribution in [3.8, 4) is 22.5 Å². The number of thiophene rings is 1. The van der Waals surface area contributed by atoms with Crippen LogP contribution in [0.1, 0.15) is 28.4 Å². The van der Waals surface area contributed by atoms with Crippen molar-refractivity contribution in [2.75, 3.05) is 18.2 Å². The van der Waals surface area contributed by atoms with Gasteiger partial charge < -0.3 is 14.6 Å². The van der Waals surface area contributed by atoms with Gasteiger partial charge in [0.25, 0.3) is 0 Å². The fourth-order valence-electron chi connectivity index (χ4n) is 3.76. The van der Waals surface area contributed by atoms with E-state index >= 15 is 0 Å². The van der Waals surface area contributed by atoms with Crippen LogP contribution >= 0.6 is 39.0 Å². The molecular weight excluding hydrogens is 560 g/mol. The summed E-state index contributed by atoms with van der Waals surface area (Å²) in [5.74, 6) is 0.142. The summed E-state index contributed by atoms with van der Waals surface area (Å²) in [5, 5.41) is 14.5. The average molecular weight is 586 g/mol. The van der Waals surface area contributed by atoms with Crippen LogP contribution in [0, 0.1) is 13.8 Å². The first-order valence-corrected chi connectivity index (χ1v) is 13.9. The van der Waals surface area contributed by atoms with E-state index in [1.54, 1.807) is 0 Å². The number of hydrogen-bond acceptors (Lipinski definition) is 7. The summed E-state index contributed by atoms with van der Waals surface area (Å²) < 4.78 is 8.01. The van der Waals surface area contributed by atoms with E-state index in [2.05, 4.69) is 31.4 Å². The summed E-state index contributed by atoms with van der Waals surface area (Å²) in [7, 11) is 1.34. The number of carbonyl (C=O) groups is 2. The molecule has 0 fully saturated rings. The van der Waals surface area contributed by atoms with Crippen molar-refractivity contribution >= 4 is 55.9 Å². The molecule has 2 heterocycles. The Morgan fingerprint density at radius 3 is 2.56 bits per heavy atom. The number of aromatic nitrogens is 3. The van der Waals surface area contributed by atoms with Gasteiger partial charge in [0, 0.05) is 27.5 Å². The molecule has 0 atom stereocenters. The lowest BCUT2D eigenvalue weighted by Gasteiger charge is -2.10. The number of thioether (sulfide) groups is 1. The van der Waals surface area contributed by atoms with Crippen molar-refractivity contribution in [3.63, 3.8) is 0 Å². The largest absolute Gasteiger partial charge is 0.465 e. The summed E-state index contributed by atoms with van der Waals surface area (Å²) in [6.07, 6.45) is 0. The Bertz CT molecular complexity index is 1410. The van der Waals surface area contributed by atoms with Crippen LogP contribution < -0.4 is 5.32 Å². The Hall–Kier alpha value is -2.95. The molecule has 10 heteroatoms. The van der Waals surface area contributed by atoms with Gasteiger partial charge in [-0.05, 0) is 44.0 Å². The van der Waals surface area contributed by atoms with E-state index in [1.807, 2.05) is 73.2 Å². The maximum absolute atomic E-state index is 12.9. The Balaban J connectivity index is 1.53. The second kappa shape index (κ2) is 11.4. The van der Waals surface area contributed by atoms with Gasteiger partial charge >= 0.3 is 5.97 Å². The fourth-order valence-corrected chi connectivity index (χ4v) is 5.80. The van der Waals surface area contributed by atoms with Gasteiger partial charge in [-0.3, -0.25) is 4.79 Å². The van der Waals surface area contributed by atoms with Gasteiger partial charge in [0.1, 0.15) is 10.6 Å². The van der Waals surface area contributed by atoms with E-state index < -0.39 is 5.97 Å². The van der Waals surface area contributed by atoms with Crippen molar-refractivity contribution in [1.82, 2.24) is 14.8 Å². The molecule has 1 N–H and O–H groups in total. The van der Waals surface area contributed by atoms with Crippen molar-refractivity contribution in [2.24, 2.45) is 0 Å². The van der Waals surface area contributed by atoms with Gasteiger partial charge in [-0.25, -0.2) is 4.79 Å². The van der Waals surface area contributed by atoms with Crippen LogP contribution in [0.15, 0.2) is 57.5 Å². The Morgan fingerprint density at radius 1 is 1.11 bits per heavy atom. The highest BCUT2D eigenvalue weighted by Crippen LogP contribution is 2.38. The molecule has 0 aliphatic rings. The number of carbonyl (C=O) groups excluding carboxylic acids is 2. The highest BCUT2D eigenvalue weighted by molar-refractivity contribution is 9.10. The third kappa shape index (κ3) is 5.55. The maximum Gasteiger partial charge on any atom is 0.341 e. The number of hydrogen-bond donors (Lipinski definition) is 1. The molecular formula is C26H25BrN4O3S2. The number of benzene rings is 2. The minimum atomic E-state index is -0.486. The van der Waals surface area contributed by atoms with Gasteiger partial charge in [-0.15, -0.1) is 21.5 Å². The molecule has 0 aliphatic carbocycles. The van der Waals surface area contributed by atoms with E-state index in [9.17, 15) is 9.59 Å². The van der Waals surface area contributed by atoms with Crippen LogP contribution in [0.2, 0.25) is 0 Å². The third-order valence-corrected chi connectivity index (χ3v) is 7.98. The number of rotatable bonds is 8. The standard InChI is InChI=1S/C26H25BrN4O3S2/c1-5-31-23(17-8-10-18(27)11-9-17)29-30-26(31)36-14-21(32)28-24-22(25(33)34-4)20(13-35-24)19-12-15(2)6-7-16(19)3/h6-13H,5,14H2,1-4H3,(H,28,32). The normalized spacial score (nSPS) is 10.9. The number of aryl methyl sites for hydroxylation is 2. The topological polar surface area (TPSA) is 86.1 Å². The molecule has 0 radical (unpaired) electrons. The number of methoxy groups -OCH3 is 1. The van der Waals surface area contributed by atoms with Gasteiger partial charge in [0.2, 0.25) is 5.91 Å². The summed E-state index contributed by atoms with van der Waals surface area (Å²) in [4.78, 5) is 25.6. The number of nitrogens with zero attached hydrogens (tertiary/aromatic N) is 3. The lowest BCUT2D eigenvalue weighted by molar-refractivity contribution is -0.113. The number of esters is 1. The van der Waals surface area contributed by atoms with Crippen LogP contribution in [0.5, 0.6) is 0 Å². The van der Waals surface area contributed by atoms with Crippen LogP contribution in [0.4, 0.5) is 5.00 Å². The van der Waals surface area contributed by atoms with Crippen LogP contribution in [-0.4, -0.2) is 39.5 Å². The Morgan fingerprint density at radius 2 is 1.86 bits per heavy atom. The Kier molecular flexibility index (Phi) is 8.28. The Labute approximate surface area is 226 Å². The molecule has 4 aromatic rings. The second-order valence-corrected chi connectivity index (χ2v) is 10.8. The molecule has 4 rings (SSSR count). The van der Waals surface area contributed by atoms with E-state index in [0.29, 0.717) is 22.3 Å². The maximum atomic E-state index is 12.9. The highest BCUT2D eigenvalue weighted by atomic mass is 79.9. The highest BCUT2D eigenvalue weighted by Gasteiger charge is 2.24. The second-order valence-electron chi connectivity index (χ2n) is 8.06. The predicted molar refractivity (Wildman–Crippen MR) is 149 cm³/mol. The molecule has 0 saturated heterocycles. The summed E-state index contributed by atoms with van der Waals surface area (Å²) in [6, 6.07) is 13.9. The number of anilines is 1. The van der Waals surface area contributed by atoms with Gasteiger partial charge in [-0.1, -0.05) is 63.6 Å². The summed E-state index contributed by atoms with van der Waals surface area (Å²) in [6.45, 7) is 6.68. The smallest absolute Gasteiger partial charge is 0.341 e. The van der Waals surface area contributed by atoms with Crippen molar-refractivity contribution in [2.45, 2.75) is 32.5 Å². The third-order valence-electron chi connectivity index (χ3n) is 5.58. The SMILES string of the molecule is CCn1c(SCC(=O)Nc2scc(-c3cc(C)ccc3C)c2C(=O)OC)nnc1-c1ccc(Br)cc1. The molecule has 36 heavy (non-hydrogen) atoms. The molecule has 0 saturated carbocycles. The van der Waals surface area contributed by atoms with Crippen molar-refractivity contribution < 1.29 is 14.3 Å². The van der Waals surface area contributed by atoms with Crippen LogP contribution in [0.25, 0.3) is 22.5 Å². The monoisotopic (exact) mass is 584 g/mol. The van der Waals surface area contributed by atoms with E-state index in [-0.39, 0.29) is 11.7 Å². The molecule has 0 aliphatic heterocycles. The molecule has 186 valence electrons. The molecule has 1 amide bonds. The molecule has 2 aromatic carbocycles. The molecule has 2 aromatic heterocycles. The first kappa shape index (κ1) is 26.1. The lowest BCUT2D eigenvalue weighted by atomic mass is 9.97. The average Bonchev–Trinajstić information content (AvgIpc) is 3.48. The molecule has 0 bridgehead atoms. The zero-order valence-electron chi connectivity index (χ0n) is 20.3. The van der Waals surface area contributed by atoms with Gasteiger partial charge in [-0.2, -0.15) is 0 Å². The van der Waals surface area contributed by atoms with Crippen LogP contribution in [0.3, 0.4) is 0 Å². The molecule has 0 unspecified atom stereocenters. The number of ether oxygens (including phenoxy) is 1. The van der Waals surface area contributed by atoms with Gasteiger partial charge in [0.05, 0.1) is 12.9 Å².